The fraction of sp³-hybridized carbons (Fsp3) is 0.600. The van der Waals surface area contributed by atoms with Gasteiger partial charge in [-0.1, -0.05) is 0 Å². The first-order valence-electron chi connectivity index (χ1n) is 9.13. The summed E-state index contributed by atoms with van der Waals surface area (Å²) in [4.78, 5) is 24.5. The second kappa shape index (κ2) is 6.04. The van der Waals surface area contributed by atoms with Crippen molar-refractivity contribution in [3.63, 3.8) is 0 Å². The minimum absolute atomic E-state index is 0.0559. The molecule has 134 valence electrons. The van der Waals surface area contributed by atoms with Crippen molar-refractivity contribution in [1.82, 2.24) is 0 Å². The Kier molecular flexibility index (Phi) is 3.97. The zero-order valence-corrected chi connectivity index (χ0v) is 14.2. The van der Waals surface area contributed by atoms with Crippen LogP contribution in [0.15, 0.2) is 18.2 Å². The Labute approximate surface area is 147 Å². The van der Waals surface area contributed by atoms with Gasteiger partial charge < -0.3 is 14.9 Å². The Morgan fingerprint density at radius 3 is 2.20 bits per heavy atom. The molecule has 4 bridgehead atoms. The van der Waals surface area contributed by atoms with Crippen LogP contribution in [0.3, 0.4) is 0 Å². The number of carbonyl (C=O) groups excluding carboxylic acids is 2. The molecule has 0 spiro atoms. The molecule has 0 aromatic heterocycles. The zero-order valence-electron chi connectivity index (χ0n) is 14.2. The van der Waals surface area contributed by atoms with Gasteiger partial charge in [0.15, 0.2) is 6.61 Å². The van der Waals surface area contributed by atoms with Gasteiger partial charge in [-0.3, -0.25) is 9.59 Å². The van der Waals surface area contributed by atoms with E-state index in [2.05, 4.69) is 0 Å². The molecular formula is C20H24O5. The molecule has 0 aliphatic heterocycles. The fourth-order valence-electron chi connectivity index (χ4n) is 5.84. The van der Waals surface area contributed by atoms with E-state index in [-0.39, 0.29) is 35.1 Å². The standard InChI is InChI=1S/C20H24O5/c21-15-1-2-16(17(22)6-15)18(23)11-25-19(24)10-20-7-12-3-13(8-20)5-14(4-12)9-20/h1-2,6,12-14,21-22H,3-5,7-11H2. The van der Waals surface area contributed by atoms with E-state index in [4.69, 9.17) is 4.74 Å². The van der Waals surface area contributed by atoms with Crippen LogP contribution in [0.4, 0.5) is 0 Å². The minimum Gasteiger partial charge on any atom is -0.508 e. The minimum atomic E-state index is -0.462. The van der Waals surface area contributed by atoms with Crippen LogP contribution in [0.25, 0.3) is 0 Å². The van der Waals surface area contributed by atoms with Crippen LogP contribution in [-0.4, -0.2) is 28.6 Å². The Hall–Kier alpha value is -2.04. The quantitative estimate of drug-likeness (QED) is 0.631. The van der Waals surface area contributed by atoms with E-state index in [0.29, 0.717) is 6.42 Å². The summed E-state index contributed by atoms with van der Waals surface area (Å²) in [6.07, 6.45) is 7.76. The lowest BCUT2D eigenvalue weighted by Crippen LogP contribution is -2.47. The molecule has 0 amide bonds. The number of esters is 1. The molecule has 4 aliphatic carbocycles. The van der Waals surface area contributed by atoms with Gasteiger partial charge in [0.05, 0.1) is 12.0 Å². The lowest BCUT2D eigenvalue weighted by molar-refractivity contribution is -0.150. The molecule has 0 atom stereocenters. The second-order valence-corrected chi connectivity index (χ2v) is 8.38. The molecule has 5 nitrogen and oxygen atoms in total. The summed E-state index contributed by atoms with van der Waals surface area (Å²) >= 11 is 0. The third-order valence-corrected chi connectivity index (χ3v) is 6.33. The number of phenols is 2. The number of benzene rings is 1. The Morgan fingerprint density at radius 2 is 1.64 bits per heavy atom. The highest BCUT2D eigenvalue weighted by Gasteiger charge is 2.51. The van der Waals surface area contributed by atoms with E-state index in [1.54, 1.807) is 0 Å². The summed E-state index contributed by atoms with van der Waals surface area (Å²) in [6, 6.07) is 3.76. The largest absolute Gasteiger partial charge is 0.508 e. The monoisotopic (exact) mass is 344 g/mol. The molecule has 4 saturated carbocycles. The molecule has 1 aromatic carbocycles. The van der Waals surface area contributed by atoms with E-state index in [9.17, 15) is 19.8 Å². The van der Waals surface area contributed by atoms with Crippen molar-refractivity contribution in [2.45, 2.75) is 44.9 Å². The zero-order chi connectivity index (χ0) is 17.6. The third kappa shape index (κ3) is 3.24. The van der Waals surface area contributed by atoms with E-state index in [0.717, 1.165) is 43.1 Å². The number of hydrogen-bond acceptors (Lipinski definition) is 5. The van der Waals surface area contributed by atoms with Crippen LogP contribution in [0.5, 0.6) is 11.5 Å². The van der Waals surface area contributed by atoms with E-state index >= 15 is 0 Å². The summed E-state index contributed by atoms with van der Waals surface area (Å²) < 4.78 is 5.22. The number of hydrogen-bond donors (Lipinski definition) is 2. The highest BCUT2D eigenvalue weighted by molar-refractivity contribution is 6.00. The van der Waals surface area contributed by atoms with Gasteiger partial charge in [-0.05, 0) is 73.8 Å². The summed E-state index contributed by atoms with van der Waals surface area (Å²) in [5.74, 6) is 1.12. The van der Waals surface area contributed by atoms with Gasteiger partial charge in [-0.15, -0.1) is 0 Å². The molecule has 0 heterocycles. The van der Waals surface area contributed by atoms with E-state index in [1.165, 1.54) is 31.4 Å². The molecular weight excluding hydrogens is 320 g/mol. The van der Waals surface area contributed by atoms with Gasteiger partial charge in [-0.2, -0.15) is 0 Å². The molecule has 4 aliphatic rings. The summed E-state index contributed by atoms with van der Waals surface area (Å²) in [7, 11) is 0. The number of phenolic OH excluding ortho intramolecular Hbond substituents is 2. The second-order valence-electron chi connectivity index (χ2n) is 8.38. The number of aromatic hydroxyl groups is 2. The van der Waals surface area contributed by atoms with Crippen LogP contribution in [0.2, 0.25) is 0 Å². The Balaban J connectivity index is 1.34. The predicted molar refractivity (Wildman–Crippen MR) is 90.3 cm³/mol. The first-order chi connectivity index (χ1) is 11.9. The van der Waals surface area contributed by atoms with Crippen LogP contribution in [0.1, 0.15) is 55.3 Å². The van der Waals surface area contributed by atoms with Crippen molar-refractivity contribution in [2.24, 2.45) is 23.2 Å². The highest BCUT2D eigenvalue weighted by atomic mass is 16.5. The van der Waals surface area contributed by atoms with Crippen molar-refractivity contribution in [2.75, 3.05) is 6.61 Å². The average molecular weight is 344 g/mol. The van der Waals surface area contributed by atoms with Crippen molar-refractivity contribution >= 4 is 11.8 Å². The van der Waals surface area contributed by atoms with E-state index in [1.807, 2.05) is 0 Å². The van der Waals surface area contributed by atoms with Crippen molar-refractivity contribution in [3.05, 3.63) is 23.8 Å². The lowest BCUT2D eigenvalue weighted by atomic mass is 9.49. The first-order valence-corrected chi connectivity index (χ1v) is 9.13. The van der Waals surface area contributed by atoms with Crippen molar-refractivity contribution in [1.29, 1.82) is 0 Å². The van der Waals surface area contributed by atoms with Crippen LogP contribution in [0, 0.1) is 23.2 Å². The van der Waals surface area contributed by atoms with Crippen LogP contribution >= 0.6 is 0 Å². The molecule has 5 rings (SSSR count). The molecule has 4 fully saturated rings. The van der Waals surface area contributed by atoms with Gasteiger partial charge in [-0.25, -0.2) is 0 Å². The van der Waals surface area contributed by atoms with Gasteiger partial charge in [0.25, 0.3) is 0 Å². The highest BCUT2D eigenvalue weighted by Crippen LogP contribution is 2.61. The maximum absolute atomic E-state index is 12.3. The van der Waals surface area contributed by atoms with Gasteiger partial charge >= 0.3 is 5.97 Å². The Bertz CT molecular complexity index is 673. The maximum atomic E-state index is 12.3. The summed E-state index contributed by atoms with van der Waals surface area (Å²) in [6.45, 7) is -0.371. The molecule has 2 N–H and O–H groups in total. The van der Waals surface area contributed by atoms with Gasteiger partial charge in [0.2, 0.25) is 5.78 Å². The average Bonchev–Trinajstić information content (AvgIpc) is 2.50. The number of Topliss-reactive ketones (excluding diaryl/α,β-unsaturated/α-hetero) is 1. The molecule has 0 saturated heterocycles. The number of ketones is 1. The SMILES string of the molecule is O=C(CC12CC3CC(CC(C3)C1)C2)OCC(=O)c1ccc(O)cc1O. The number of rotatable bonds is 5. The van der Waals surface area contributed by atoms with Gasteiger partial charge in [0.1, 0.15) is 11.5 Å². The lowest BCUT2D eigenvalue weighted by Gasteiger charge is -2.56. The van der Waals surface area contributed by atoms with Crippen molar-refractivity contribution in [3.8, 4) is 11.5 Å². The number of carbonyl (C=O) groups is 2. The number of ether oxygens (including phenoxy) is 1. The molecule has 0 unspecified atom stereocenters. The molecule has 25 heavy (non-hydrogen) atoms. The van der Waals surface area contributed by atoms with Crippen LogP contribution < -0.4 is 0 Å². The normalized spacial score (nSPS) is 32.6. The molecule has 1 aromatic rings. The van der Waals surface area contributed by atoms with Crippen molar-refractivity contribution < 1.29 is 24.5 Å². The summed E-state index contributed by atoms with van der Waals surface area (Å²) in [5.41, 5.74) is 0.149. The van der Waals surface area contributed by atoms with Crippen LogP contribution in [-0.2, 0) is 9.53 Å². The molecule has 5 heteroatoms. The van der Waals surface area contributed by atoms with E-state index < -0.39 is 5.78 Å². The fourth-order valence-corrected chi connectivity index (χ4v) is 5.84. The topological polar surface area (TPSA) is 83.8 Å². The third-order valence-electron chi connectivity index (χ3n) is 6.33. The smallest absolute Gasteiger partial charge is 0.306 e. The maximum Gasteiger partial charge on any atom is 0.306 e. The first kappa shape index (κ1) is 16.4. The molecule has 0 radical (unpaired) electrons. The Morgan fingerprint density at radius 1 is 1.04 bits per heavy atom. The predicted octanol–water partition coefficient (Wildman–Crippen LogP) is 3.43. The van der Waals surface area contributed by atoms with Gasteiger partial charge in [0, 0.05) is 6.07 Å². The summed E-state index contributed by atoms with van der Waals surface area (Å²) in [5, 5.41) is 19.0.